The molecule has 0 spiro atoms. The molecule has 0 aliphatic carbocycles. The summed E-state index contributed by atoms with van der Waals surface area (Å²) in [5.41, 5.74) is 8.69. The Labute approximate surface area is 130 Å². The highest BCUT2D eigenvalue weighted by Crippen LogP contribution is 2.32. The highest BCUT2D eigenvalue weighted by molar-refractivity contribution is 9.10. The molecular weight excluding hydrogens is 346 g/mol. The van der Waals surface area contributed by atoms with Gasteiger partial charge in [-0.15, -0.1) is 11.8 Å². The second-order valence-electron chi connectivity index (χ2n) is 4.13. The molecule has 0 saturated carbocycles. The maximum absolute atomic E-state index is 6.29. The molecule has 1 heterocycles. The lowest BCUT2D eigenvalue weighted by Gasteiger charge is -2.08. The number of hydrogen-bond acceptors (Lipinski definition) is 3. The standard InChI is InChI=1S/C13H15BrClN3S/c1-3-18-11(13(15)8(2)17-18)7-19-12-5-4-9(14)6-10(12)16/h4-6H,3,7,16H2,1-2H3. The summed E-state index contributed by atoms with van der Waals surface area (Å²) in [6.07, 6.45) is 0. The predicted octanol–water partition coefficient (Wildman–Crippen LogP) is 4.50. The quantitative estimate of drug-likeness (QED) is 0.645. The van der Waals surface area contributed by atoms with Crippen molar-refractivity contribution in [3.8, 4) is 0 Å². The topological polar surface area (TPSA) is 43.8 Å². The van der Waals surface area contributed by atoms with Crippen LogP contribution in [0.4, 0.5) is 5.69 Å². The van der Waals surface area contributed by atoms with Crippen molar-refractivity contribution < 1.29 is 0 Å². The Bertz CT molecular complexity index is 598. The molecule has 0 bridgehead atoms. The van der Waals surface area contributed by atoms with E-state index in [-0.39, 0.29) is 0 Å². The summed E-state index contributed by atoms with van der Waals surface area (Å²) in [5, 5.41) is 5.16. The first kappa shape index (κ1) is 14.8. The van der Waals surface area contributed by atoms with Crippen LogP contribution in [0.15, 0.2) is 27.6 Å². The van der Waals surface area contributed by atoms with Crippen LogP contribution in [0.1, 0.15) is 18.3 Å². The molecule has 19 heavy (non-hydrogen) atoms. The molecule has 2 N–H and O–H groups in total. The van der Waals surface area contributed by atoms with Crippen LogP contribution in [0.2, 0.25) is 5.02 Å². The summed E-state index contributed by atoms with van der Waals surface area (Å²) in [7, 11) is 0. The van der Waals surface area contributed by atoms with E-state index in [1.165, 1.54) is 0 Å². The molecule has 1 aromatic heterocycles. The number of nitrogen functional groups attached to an aromatic ring is 1. The Morgan fingerprint density at radius 1 is 1.47 bits per heavy atom. The molecule has 0 amide bonds. The molecule has 0 aliphatic rings. The average molecular weight is 361 g/mol. The minimum Gasteiger partial charge on any atom is -0.398 e. The summed E-state index contributed by atoms with van der Waals surface area (Å²) < 4.78 is 2.93. The lowest BCUT2D eigenvalue weighted by Crippen LogP contribution is -2.01. The summed E-state index contributed by atoms with van der Waals surface area (Å²) >= 11 is 11.4. The number of nitrogens with zero attached hydrogens (tertiary/aromatic N) is 2. The molecule has 2 aromatic rings. The van der Waals surface area contributed by atoms with Gasteiger partial charge in [-0.2, -0.15) is 5.10 Å². The number of aryl methyl sites for hydroxylation is 2. The van der Waals surface area contributed by atoms with E-state index >= 15 is 0 Å². The predicted molar refractivity (Wildman–Crippen MR) is 85.8 cm³/mol. The maximum Gasteiger partial charge on any atom is 0.0855 e. The number of halogens is 2. The SMILES string of the molecule is CCn1nc(C)c(Cl)c1CSc1ccc(Br)cc1N. The minimum atomic E-state index is 0.755. The van der Waals surface area contributed by atoms with Crippen molar-refractivity contribution in [2.45, 2.75) is 31.0 Å². The van der Waals surface area contributed by atoms with E-state index in [1.54, 1.807) is 11.8 Å². The first-order valence-corrected chi connectivity index (χ1v) is 8.08. The van der Waals surface area contributed by atoms with Crippen molar-refractivity contribution in [2.75, 3.05) is 5.73 Å². The third-order valence-electron chi connectivity index (χ3n) is 2.79. The van der Waals surface area contributed by atoms with Crippen LogP contribution in [0, 0.1) is 6.92 Å². The van der Waals surface area contributed by atoms with Crippen LogP contribution in [-0.2, 0) is 12.3 Å². The van der Waals surface area contributed by atoms with E-state index in [0.717, 1.165) is 43.8 Å². The van der Waals surface area contributed by atoms with Gasteiger partial charge in [-0.1, -0.05) is 27.5 Å². The van der Waals surface area contributed by atoms with E-state index in [0.29, 0.717) is 0 Å². The second-order valence-corrected chi connectivity index (χ2v) is 6.44. The van der Waals surface area contributed by atoms with Gasteiger partial charge >= 0.3 is 0 Å². The first-order chi connectivity index (χ1) is 9.02. The number of hydrogen-bond donors (Lipinski definition) is 1. The van der Waals surface area contributed by atoms with E-state index in [2.05, 4.69) is 28.0 Å². The van der Waals surface area contributed by atoms with Crippen LogP contribution < -0.4 is 5.73 Å². The van der Waals surface area contributed by atoms with Gasteiger partial charge in [0.15, 0.2) is 0 Å². The zero-order valence-electron chi connectivity index (χ0n) is 10.8. The Morgan fingerprint density at radius 2 is 2.21 bits per heavy atom. The molecule has 0 fully saturated rings. The highest BCUT2D eigenvalue weighted by atomic mass is 79.9. The number of thioether (sulfide) groups is 1. The van der Waals surface area contributed by atoms with Gasteiger partial charge in [-0.3, -0.25) is 4.68 Å². The Balaban J connectivity index is 2.18. The summed E-state index contributed by atoms with van der Waals surface area (Å²) in [4.78, 5) is 1.06. The smallest absolute Gasteiger partial charge is 0.0855 e. The lowest BCUT2D eigenvalue weighted by molar-refractivity contribution is 0.632. The largest absolute Gasteiger partial charge is 0.398 e. The molecule has 2 rings (SSSR count). The van der Waals surface area contributed by atoms with Gasteiger partial charge < -0.3 is 5.73 Å². The monoisotopic (exact) mass is 359 g/mol. The van der Waals surface area contributed by atoms with Crippen LogP contribution >= 0.6 is 39.3 Å². The molecule has 0 atom stereocenters. The highest BCUT2D eigenvalue weighted by Gasteiger charge is 2.13. The maximum atomic E-state index is 6.29. The molecule has 3 nitrogen and oxygen atoms in total. The molecular formula is C13H15BrClN3S. The molecule has 0 saturated heterocycles. The van der Waals surface area contributed by atoms with Gasteiger partial charge in [-0.05, 0) is 32.0 Å². The van der Waals surface area contributed by atoms with Crippen molar-refractivity contribution in [3.63, 3.8) is 0 Å². The van der Waals surface area contributed by atoms with Crippen LogP contribution in [0.3, 0.4) is 0 Å². The molecule has 6 heteroatoms. The van der Waals surface area contributed by atoms with Gasteiger partial charge in [0, 0.05) is 27.4 Å². The molecule has 1 aromatic carbocycles. The second kappa shape index (κ2) is 6.20. The number of nitrogens with two attached hydrogens (primary N) is 1. The van der Waals surface area contributed by atoms with Gasteiger partial charge in [0.05, 0.1) is 16.4 Å². The summed E-state index contributed by atoms with van der Waals surface area (Å²) in [6.45, 7) is 4.81. The van der Waals surface area contributed by atoms with Gasteiger partial charge in [0.2, 0.25) is 0 Å². The van der Waals surface area contributed by atoms with Crippen molar-refractivity contribution in [2.24, 2.45) is 0 Å². The van der Waals surface area contributed by atoms with Gasteiger partial charge in [0.25, 0.3) is 0 Å². The van der Waals surface area contributed by atoms with Crippen molar-refractivity contribution in [1.82, 2.24) is 9.78 Å². The van der Waals surface area contributed by atoms with E-state index in [9.17, 15) is 0 Å². The molecule has 0 radical (unpaired) electrons. The van der Waals surface area contributed by atoms with Crippen LogP contribution in [-0.4, -0.2) is 9.78 Å². The number of aromatic nitrogens is 2. The van der Waals surface area contributed by atoms with E-state index in [4.69, 9.17) is 17.3 Å². The first-order valence-electron chi connectivity index (χ1n) is 5.92. The van der Waals surface area contributed by atoms with Crippen LogP contribution in [0.5, 0.6) is 0 Å². The fourth-order valence-electron chi connectivity index (χ4n) is 1.80. The Kier molecular flexibility index (Phi) is 4.81. The van der Waals surface area contributed by atoms with E-state index in [1.807, 2.05) is 29.8 Å². The van der Waals surface area contributed by atoms with E-state index < -0.39 is 0 Å². The third kappa shape index (κ3) is 3.27. The van der Waals surface area contributed by atoms with Crippen molar-refractivity contribution >= 4 is 45.0 Å². The zero-order valence-corrected chi connectivity index (χ0v) is 13.9. The molecule has 0 unspecified atom stereocenters. The number of anilines is 1. The van der Waals surface area contributed by atoms with Gasteiger partial charge in [0.1, 0.15) is 0 Å². The van der Waals surface area contributed by atoms with Crippen molar-refractivity contribution in [3.05, 3.63) is 39.1 Å². The fourth-order valence-corrected chi connectivity index (χ4v) is 3.44. The molecule has 102 valence electrons. The zero-order chi connectivity index (χ0) is 14.0. The number of benzene rings is 1. The average Bonchev–Trinajstić information content (AvgIpc) is 2.65. The van der Waals surface area contributed by atoms with Gasteiger partial charge in [-0.25, -0.2) is 0 Å². The molecule has 0 aliphatic heterocycles. The lowest BCUT2D eigenvalue weighted by atomic mass is 10.3. The minimum absolute atomic E-state index is 0.755. The summed E-state index contributed by atoms with van der Waals surface area (Å²) in [6, 6.07) is 5.91. The normalized spacial score (nSPS) is 10.9. The Hall–Kier alpha value is -0.650. The third-order valence-corrected chi connectivity index (χ3v) is 4.87. The number of rotatable bonds is 4. The summed E-state index contributed by atoms with van der Waals surface area (Å²) in [5.74, 6) is 0.763. The Morgan fingerprint density at radius 3 is 2.84 bits per heavy atom. The van der Waals surface area contributed by atoms with Crippen LogP contribution in [0.25, 0.3) is 0 Å². The fraction of sp³-hybridized carbons (Fsp3) is 0.308. The van der Waals surface area contributed by atoms with Crippen molar-refractivity contribution in [1.29, 1.82) is 0 Å².